The highest BCUT2D eigenvalue weighted by molar-refractivity contribution is 7.99. The second kappa shape index (κ2) is 8.92. The van der Waals surface area contributed by atoms with Crippen molar-refractivity contribution < 1.29 is 4.92 Å². The van der Waals surface area contributed by atoms with Crippen molar-refractivity contribution in [2.75, 3.05) is 0 Å². The van der Waals surface area contributed by atoms with Crippen LogP contribution in [0, 0.1) is 17.0 Å². The van der Waals surface area contributed by atoms with Gasteiger partial charge in [0.15, 0.2) is 0 Å². The van der Waals surface area contributed by atoms with E-state index in [0.717, 1.165) is 26.9 Å². The monoisotopic (exact) mass is 381 g/mol. The van der Waals surface area contributed by atoms with Gasteiger partial charge in [0.2, 0.25) is 0 Å². The SMILES string of the molecule is Cc1c(SCc2ccccc2)cc([N+](=O)[O-])cc1SCc1ccccc1. The predicted molar refractivity (Wildman–Crippen MR) is 110 cm³/mol. The van der Waals surface area contributed by atoms with Crippen molar-refractivity contribution in [3.63, 3.8) is 0 Å². The molecule has 0 aliphatic rings. The summed E-state index contributed by atoms with van der Waals surface area (Å²) in [5.74, 6) is 1.59. The minimum absolute atomic E-state index is 0.154. The maximum atomic E-state index is 11.4. The van der Waals surface area contributed by atoms with Crippen LogP contribution in [0.3, 0.4) is 0 Å². The molecule has 0 bridgehead atoms. The molecule has 0 aliphatic carbocycles. The van der Waals surface area contributed by atoms with Crippen LogP contribution in [-0.4, -0.2) is 4.92 Å². The van der Waals surface area contributed by atoms with E-state index in [4.69, 9.17) is 0 Å². The fraction of sp³-hybridized carbons (Fsp3) is 0.143. The number of nitro groups is 1. The minimum atomic E-state index is -0.307. The summed E-state index contributed by atoms with van der Waals surface area (Å²) in [7, 11) is 0. The lowest BCUT2D eigenvalue weighted by Crippen LogP contribution is -1.93. The summed E-state index contributed by atoms with van der Waals surface area (Å²) in [6.45, 7) is 2.05. The third-order valence-corrected chi connectivity index (χ3v) is 6.41. The summed E-state index contributed by atoms with van der Waals surface area (Å²) in [5, 5.41) is 11.4. The molecular weight excluding hydrogens is 362 g/mol. The van der Waals surface area contributed by atoms with Crippen molar-refractivity contribution >= 4 is 29.2 Å². The van der Waals surface area contributed by atoms with E-state index < -0.39 is 0 Å². The molecule has 3 nitrogen and oxygen atoms in total. The van der Waals surface area contributed by atoms with E-state index in [1.54, 1.807) is 35.7 Å². The van der Waals surface area contributed by atoms with Crippen molar-refractivity contribution in [3.05, 3.63) is 99.6 Å². The zero-order chi connectivity index (χ0) is 18.4. The Morgan fingerprint density at radius 1 is 0.808 bits per heavy atom. The quantitative estimate of drug-likeness (QED) is 0.267. The van der Waals surface area contributed by atoms with E-state index in [0.29, 0.717) is 0 Å². The van der Waals surface area contributed by atoms with Gasteiger partial charge in [-0.1, -0.05) is 60.7 Å². The maximum absolute atomic E-state index is 11.4. The maximum Gasteiger partial charge on any atom is 0.271 e. The first kappa shape index (κ1) is 18.5. The first-order chi connectivity index (χ1) is 12.6. The Morgan fingerprint density at radius 2 is 1.23 bits per heavy atom. The van der Waals surface area contributed by atoms with Crippen LogP contribution in [-0.2, 0) is 11.5 Å². The number of nitrogens with zero attached hydrogens (tertiary/aromatic N) is 1. The van der Waals surface area contributed by atoms with Crippen LogP contribution in [0.2, 0.25) is 0 Å². The molecular formula is C21H19NO2S2. The lowest BCUT2D eigenvalue weighted by molar-refractivity contribution is -0.385. The summed E-state index contributed by atoms with van der Waals surface area (Å²) in [6.07, 6.45) is 0. The van der Waals surface area contributed by atoms with Gasteiger partial charge in [0.1, 0.15) is 0 Å². The molecule has 0 saturated heterocycles. The number of rotatable bonds is 7. The number of nitro benzene ring substituents is 1. The zero-order valence-electron chi connectivity index (χ0n) is 14.4. The van der Waals surface area contributed by atoms with Crippen LogP contribution >= 0.6 is 23.5 Å². The van der Waals surface area contributed by atoms with Crippen LogP contribution in [0.5, 0.6) is 0 Å². The summed E-state index contributed by atoms with van der Waals surface area (Å²) >= 11 is 3.30. The van der Waals surface area contributed by atoms with Gasteiger partial charge in [-0.2, -0.15) is 0 Å². The Kier molecular flexibility index (Phi) is 6.36. The van der Waals surface area contributed by atoms with Crippen molar-refractivity contribution in [1.82, 2.24) is 0 Å². The molecule has 3 aromatic carbocycles. The first-order valence-corrected chi connectivity index (χ1v) is 10.2. The fourth-order valence-electron chi connectivity index (χ4n) is 2.52. The second-order valence-electron chi connectivity index (χ2n) is 5.87. The average Bonchev–Trinajstić information content (AvgIpc) is 2.67. The van der Waals surface area contributed by atoms with E-state index >= 15 is 0 Å². The van der Waals surface area contributed by atoms with Gasteiger partial charge in [0, 0.05) is 33.4 Å². The third kappa shape index (κ3) is 4.90. The van der Waals surface area contributed by atoms with Crippen molar-refractivity contribution in [3.8, 4) is 0 Å². The summed E-state index contributed by atoms with van der Waals surface area (Å²) < 4.78 is 0. The highest BCUT2D eigenvalue weighted by atomic mass is 32.2. The Bertz CT molecular complexity index is 819. The molecule has 0 fully saturated rings. The highest BCUT2D eigenvalue weighted by Crippen LogP contribution is 2.37. The number of hydrogen-bond acceptors (Lipinski definition) is 4. The van der Waals surface area contributed by atoms with Crippen LogP contribution in [0.1, 0.15) is 16.7 Å². The third-order valence-electron chi connectivity index (χ3n) is 3.98. The lowest BCUT2D eigenvalue weighted by Gasteiger charge is -2.11. The average molecular weight is 382 g/mol. The largest absolute Gasteiger partial charge is 0.271 e. The zero-order valence-corrected chi connectivity index (χ0v) is 16.1. The van der Waals surface area contributed by atoms with Gasteiger partial charge < -0.3 is 0 Å². The Labute approximate surface area is 162 Å². The molecule has 26 heavy (non-hydrogen) atoms. The molecule has 0 heterocycles. The number of non-ortho nitro benzene ring substituents is 1. The van der Waals surface area contributed by atoms with Crippen LogP contribution < -0.4 is 0 Å². The molecule has 0 aliphatic heterocycles. The molecule has 5 heteroatoms. The Balaban J connectivity index is 1.81. The summed E-state index contributed by atoms with van der Waals surface area (Å²) in [5.41, 5.74) is 3.68. The van der Waals surface area contributed by atoms with E-state index in [9.17, 15) is 10.1 Å². The normalized spacial score (nSPS) is 10.7. The van der Waals surface area contributed by atoms with Gasteiger partial charge in [0.05, 0.1) is 4.92 Å². The molecule has 0 atom stereocenters. The Morgan fingerprint density at radius 3 is 1.62 bits per heavy atom. The predicted octanol–water partition coefficient (Wildman–Crippen LogP) is 6.49. The van der Waals surface area contributed by atoms with Crippen LogP contribution in [0.4, 0.5) is 5.69 Å². The van der Waals surface area contributed by atoms with E-state index in [1.807, 2.05) is 43.3 Å². The van der Waals surface area contributed by atoms with Gasteiger partial charge in [0.25, 0.3) is 5.69 Å². The van der Waals surface area contributed by atoms with Crippen molar-refractivity contribution in [2.45, 2.75) is 28.2 Å². The molecule has 0 amide bonds. The van der Waals surface area contributed by atoms with E-state index in [2.05, 4.69) is 24.3 Å². The van der Waals surface area contributed by atoms with Crippen LogP contribution in [0.15, 0.2) is 82.6 Å². The van der Waals surface area contributed by atoms with Crippen LogP contribution in [0.25, 0.3) is 0 Å². The molecule has 3 aromatic rings. The standard InChI is InChI=1S/C21H19NO2S2/c1-16-20(25-14-17-8-4-2-5-9-17)12-19(22(23)24)13-21(16)26-15-18-10-6-3-7-11-18/h2-13H,14-15H2,1H3. The van der Waals surface area contributed by atoms with Crippen molar-refractivity contribution in [1.29, 1.82) is 0 Å². The smallest absolute Gasteiger partial charge is 0.258 e. The summed E-state index contributed by atoms with van der Waals surface area (Å²) in [6, 6.07) is 23.7. The second-order valence-corrected chi connectivity index (χ2v) is 7.91. The van der Waals surface area contributed by atoms with E-state index in [-0.39, 0.29) is 10.6 Å². The van der Waals surface area contributed by atoms with Gasteiger partial charge in [-0.15, -0.1) is 23.5 Å². The first-order valence-electron chi connectivity index (χ1n) is 8.26. The molecule has 132 valence electrons. The number of thioether (sulfide) groups is 2. The molecule has 0 spiro atoms. The van der Waals surface area contributed by atoms with Gasteiger partial charge in [-0.25, -0.2) is 0 Å². The summed E-state index contributed by atoms with van der Waals surface area (Å²) in [4.78, 5) is 13.0. The molecule has 0 aromatic heterocycles. The molecule has 0 unspecified atom stereocenters. The number of benzene rings is 3. The lowest BCUT2D eigenvalue weighted by atomic mass is 10.2. The minimum Gasteiger partial charge on any atom is -0.258 e. The van der Waals surface area contributed by atoms with Gasteiger partial charge >= 0.3 is 0 Å². The molecule has 0 radical (unpaired) electrons. The molecule has 3 rings (SSSR count). The fourth-order valence-corrected chi connectivity index (χ4v) is 4.68. The number of hydrogen-bond donors (Lipinski definition) is 0. The topological polar surface area (TPSA) is 43.1 Å². The van der Waals surface area contributed by atoms with E-state index in [1.165, 1.54) is 11.1 Å². The van der Waals surface area contributed by atoms with Crippen molar-refractivity contribution in [2.24, 2.45) is 0 Å². The van der Waals surface area contributed by atoms with Gasteiger partial charge in [-0.3, -0.25) is 10.1 Å². The highest BCUT2D eigenvalue weighted by Gasteiger charge is 2.15. The Hall–Kier alpha value is -2.24. The van der Waals surface area contributed by atoms with Gasteiger partial charge in [-0.05, 0) is 23.6 Å². The molecule has 0 N–H and O–H groups in total. The molecule has 0 saturated carbocycles.